The molecule has 2 amide bonds. The van der Waals surface area contributed by atoms with E-state index in [1.165, 1.54) is 12.1 Å². The van der Waals surface area contributed by atoms with Gasteiger partial charge in [0.25, 0.3) is 0 Å². The molecule has 2 heterocycles. The van der Waals surface area contributed by atoms with Crippen molar-refractivity contribution in [2.45, 2.75) is 13.0 Å². The fourth-order valence-electron chi connectivity index (χ4n) is 3.39. The van der Waals surface area contributed by atoms with E-state index in [2.05, 4.69) is 15.1 Å². The minimum atomic E-state index is -0.376. The predicted octanol–water partition coefficient (Wildman–Crippen LogP) is 0.629. The fraction of sp³-hybridized carbons (Fsp3) is 0.579. The first-order valence-corrected chi connectivity index (χ1v) is 9.41. The number of nitrogens with one attached hydrogen (secondary N) is 1. The van der Waals surface area contributed by atoms with Gasteiger partial charge in [0.1, 0.15) is 5.82 Å². The number of benzene rings is 1. The summed E-state index contributed by atoms with van der Waals surface area (Å²) in [7, 11) is 0. The van der Waals surface area contributed by atoms with Gasteiger partial charge in [-0.15, -0.1) is 0 Å². The number of morpholine rings is 1. The molecule has 7 nitrogen and oxygen atoms in total. The molecule has 148 valence electrons. The first-order valence-electron chi connectivity index (χ1n) is 9.41. The van der Waals surface area contributed by atoms with Gasteiger partial charge in [-0.25, -0.2) is 4.39 Å². The molecule has 1 aromatic carbocycles. The molecule has 27 heavy (non-hydrogen) atoms. The Bertz CT molecular complexity index is 658. The van der Waals surface area contributed by atoms with Gasteiger partial charge in [0.2, 0.25) is 11.8 Å². The van der Waals surface area contributed by atoms with E-state index < -0.39 is 0 Å². The van der Waals surface area contributed by atoms with E-state index in [0.717, 1.165) is 13.1 Å². The Morgan fingerprint density at radius 3 is 2.52 bits per heavy atom. The third kappa shape index (κ3) is 5.47. The number of halogens is 1. The molecule has 0 saturated carbocycles. The van der Waals surface area contributed by atoms with Gasteiger partial charge in [-0.05, 0) is 25.1 Å². The highest BCUT2D eigenvalue weighted by molar-refractivity contribution is 5.94. The second-order valence-electron chi connectivity index (χ2n) is 6.98. The van der Waals surface area contributed by atoms with Gasteiger partial charge in [0, 0.05) is 45.0 Å². The van der Waals surface area contributed by atoms with Crippen molar-refractivity contribution in [3.8, 4) is 0 Å². The molecule has 1 N–H and O–H groups in total. The summed E-state index contributed by atoms with van der Waals surface area (Å²) in [6.45, 7) is 7.73. The molecule has 0 aliphatic carbocycles. The minimum Gasteiger partial charge on any atom is -0.378 e. The summed E-state index contributed by atoms with van der Waals surface area (Å²) in [5, 5.41) is 2.76. The maximum absolute atomic E-state index is 13.2. The van der Waals surface area contributed by atoms with Crippen molar-refractivity contribution in [1.29, 1.82) is 0 Å². The monoisotopic (exact) mass is 378 g/mol. The third-order valence-electron chi connectivity index (χ3n) is 5.15. The van der Waals surface area contributed by atoms with Gasteiger partial charge < -0.3 is 15.0 Å². The lowest BCUT2D eigenvalue weighted by Gasteiger charge is -2.38. The van der Waals surface area contributed by atoms with Crippen LogP contribution in [0.15, 0.2) is 24.3 Å². The lowest BCUT2D eigenvalue weighted by atomic mass is 10.2. The number of nitrogens with zero attached hydrogens (tertiary/aromatic N) is 3. The van der Waals surface area contributed by atoms with Crippen molar-refractivity contribution in [3.63, 3.8) is 0 Å². The van der Waals surface area contributed by atoms with E-state index >= 15 is 0 Å². The largest absolute Gasteiger partial charge is 0.378 e. The second-order valence-corrected chi connectivity index (χ2v) is 6.98. The summed E-state index contributed by atoms with van der Waals surface area (Å²) >= 11 is 0. The molecule has 0 aromatic heterocycles. The Morgan fingerprint density at radius 2 is 1.85 bits per heavy atom. The number of hydrogen-bond donors (Lipinski definition) is 1. The summed E-state index contributed by atoms with van der Waals surface area (Å²) in [5.74, 6) is -0.388. The molecule has 2 aliphatic heterocycles. The van der Waals surface area contributed by atoms with Crippen LogP contribution in [-0.2, 0) is 14.3 Å². The molecule has 0 radical (unpaired) electrons. The Morgan fingerprint density at radius 1 is 1.15 bits per heavy atom. The molecule has 8 heteroatoms. The van der Waals surface area contributed by atoms with Crippen molar-refractivity contribution in [3.05, 3.63) is 30.1 Å². The zero-order chi connectivity index (χ0) is 19.2. The average molecular weight is 378 g/mol. The van der Waals surface area contributed by atoms with Crippen molar-refractivity contribution >= 4 is 17.5 Å². The quantitative estimate of drug-likeness (QED) is 0.814. The summed E-state index contributed by atoms with van der Waals surface area (Å²) in [4.78, 5) is 30.8. The highest BCUT2D eigenvalue weighted by Gasteiger charge is 2.27. The Hall–Kier alpha value is -2.03. The van der Waals surface area contributed by atoms with Crippen LogP contribution in [0.1, 0.15) is 6.92 Å². The van der Waals surface area contributed by atoms with Gasteiger partial charge >= 0.3 is 0 Å². The molecule has 2 fully saturated rings. The number of anilines is 1. The summed E-state index contributed by atoms with van der Waals surface area (Å²) in [6.07, 6.45) is 0. The lowest BCUT2D eigenvalue weighted by Crippen LogP contribution is -2.55. The van der Waals surface area contributed by atoms with Crippen LogP contribution in [0.2, 0.25) is 0 Å². The summed E-state index contributed by atoms with van der Waals surface area (Å²) in [6, 6.07) is 5.57. The number of hydrogen-bond acceptors (Lipinski definition) is 5. The van der Waals surface area contributed by atoms with E-state index in [9.17, 15) is 14.0 Å². The van der Waals surface area contributed by atoms with Gasteiger partial charge in [-0.1, -0.05) is 6.07 Å². The van der Waals surface area contributed by atoms with Gasteiger partial charge in [0.15, 0.2) is 0 Å². The Kier molecular flexibility index (Phi) is 6.76. The van der Waals surface area contributed by atoms with Crippen LogP contribution in [-0.4, -0.2) is 91.6 Å². The van der Waals surface area contributed by atoms with Crippen LogP contribution in [0.25, 0.3) is 0 Å². The highest BCUT2D eigenvalue weighted by Crippen LogP contribution is 2.12. The SMILES string of the molecule is C[C@H](C(=O)Nc1cccc(F)c1)N1CCN(CC(=O)N2CCOCC2)CC1. The van der Waals surface area contributed by atoms with E-state index in [4.69, 9.17) is 4.74 Å². The maximum atomic E-state index is 13.2. The number of rotatable bonds is 5. The van der Waals surface area contributed by atoms with Crippen LogP contribution in [0.3, 0.4) is 0 Å². The molecule has 2 aliphatic rings. The number of carbonyl (C=O) groups excluding carboxylic acids is 2. The smallest absolute Gasteiger partial charge is 0.241 e. The molecule has 1 atom stereocenters. The van der Waals surface area contributed by atoms with Crippen LogP contribution in [0.4, 0.5) is 10.1 Å². The van der Waals surface area contributed by atoms with Crippen LogP contribution >= 0.6 is 0 Å². The minimum absolute atomic E-state index is 0.142. The van der Waals surface area contributed by atoms with E-state index in [-0.39, 0.29) is 23.7 Å². The molecule has 1 aromatic rings. The summed E-state index contributed by atoms with van der Waals surface area (Å²) in [5.41, 5.74) is 0.460. The van der Waals surface area contributed by atoms with E-state index in [0.29, 0.717) is 51.6 Å². The van der Waals surface area contributed by atoms with Crippen molar-refractivity contribution < 1.29 is 18.7 Å². The second kappa shape index (κ2) is 9.25. The van der Waals surface area contributed by atoms with Gasteiger partial charge in [0.05, 0.1) is 25.8 Å². The van der Waals surface area contributed by atoms with Crippen LogP contribution < -0.4 is 5.32 Å². The first kappa shape index (κ1) is 19.7. The van der Waals surface area contributed by atoms with Crippen LogP contribution in [0, 0.1) is 5.82 Å². The average Bonchev–Trinajstić information content (AvgIpc) is 2.68. The predicted molar refractivity (Wildman–Crippen MR) is 99.9 cm³/mol. The summed E-state index contributed by atoms with van der Waals surface area (Å²) < 4.78 is 18.5. The third-order valence-corrected chi connectivity index (χ3v) is 5.15. The molecule has 3 rings (SSSR count). The van der Waals surface area contributed by atoms with Gasteiger partial charge in [-0.2, -0.15) is 0 Å². The van der Waals surface area contributed by atoms with E-state index in [1.807, 2.05) is 11.8 Å². The zero-order valence-electron chi connectivity index (χ0n) is 15.7. The highest BCUT2D eigenvalue weighted by atomic mass is 19.1. The van der Waals surface area contributed by atoms with Crippen molar-refractivity contribution in [1.82, 2.24) is 14.7 Å². The first-order chi connectivity index (χ1) is 13.0. The standard InChI is InChI=1S/C19H27FN4O3/c1-15(19(26)21-17-4-2-3-16(20)13-17)23-7-5-22(6-8-23)14-18(25)24-9-11-27-12-10-24/h2-4,13,15H,5-12,14H2,1H3,(H,21,26)/t15-/m1/s1. The topological polar surface area (TPSA) is 65.1 Å². The van der Waals surface area contributed by atoms with E-state index in [1.54, 1.807) is 12.1 Å². The lowest BCUT2D eigenvalue weighted by molar-refractivity contribution is -0.137. The Balaban J connectivity index is 1.43. The van der Waals surface area contributed by atoms with Crippen molar-refractivity contribution in [2.75, 3.05) is 64.3 Å². The number of ether oxygens (including phenoxy) is 1. The molecular weight excluding hydrogens is 351 g/mol. The molecule has 0 unspecified atom stereocenters. The number of carbonyl (C=O) groups is 2. The maximum Gasteiger partial charge on any atom is 0.241 e. The van der Waals surface area contributed by atoms with Gasteiger partial charge in [-0.3, -0.25) is 19.4 Å². The molecule has 0 bridgehead atoms. The molecular formula is C19H27FN4O3. The van der Waals surface area contributed by atoms with Crippen molar-refractivity contribution in [2.24, 2.45) is 0 Å². The molecule has 2 saturated heterocycles. The fourth-order valence-corrected chi connectivity index (χ4v) is 3.39. The number of amides is 2. The van der Waals surface area contributed by atoms with Crippen LogP contribution in [0.5, 0.6) is 0 Å². The zero-order valence-corrected chi connectivity index (χ0v) is 15.7. The number of piperazine rings is 1. The Labute approximate surface area is 159 Å². The normalized spacial score (nSPS) is 20.3. The molecule has 0 spiro atoms.